The number of ether oxygens (including phenoxy) is 2. The summed E-state index contributed by atoms with van der Waals surface area (Å²) in [4.78, 5) is 17.4. The smallest absolute Gasteiger partial charge is 0.270 e. The van der Waals surface area contributed by atoms with E-state index >= 15 is 0 Å². The molecule has 1 amide bonds. The summed E-state index contributed by atoms with van der Waals surface area (Å²) in [7, 11) is 3.28. The number of methoxy groups -OCH3 is 2. The molecular formula is C25H27ClN2O3S. The van der Waals surface area contributed by atoms with Gasteiger partial charge in [0.1, 0.15) is 5.69 Å². The van der Waals surface area contributed by atoms with Crippen molar-refractivity contribution in [3.63, 3.8) is 0 Å². The molecule has 0 spiro atoms. The van der Waals surface area contributed by atoms with Crippen LogP contribution in [0.3, 0.4) is 0 Å². The van der Waals surface area contributed by atoms with Gasteiger partial charge in [0.15, 0.2) is 11.5 Å². The molecule has 5 nitrogen and oxygen atoms in total. The van der Waals surface area contributed by atoms with Crippen molar-refractivity contribution in [2.75, 3.05) is 20.8 Å². The van der Waals surface area contributed by atoms with Crippen LogP contribution in [0.4, 0.5) is 0 Å². The van der Waals surface area contributed by atoms with E-state index < -0.39 is 0 Å². The van der Waals surface area contributed by atoms with Gasteiger partial charge in [0.25, 0.3) is 5.91 Å². The van der Waals surface area contributed by atoms with Crippen molar-refractivity contribution in [2.45, 2.75) is 37.5 Å². The Balaban J connectivity index is 1.45. The maximum atomic E-state index is 12.9. The third-order valence-corrected chi connectivity index (χ3v) is 7.26. The topological polar surface area (TPSA) is 60.5 Å². The van der Waals surface area contributed by atoms with Gasteiger partial charge >= 0.3 is 0 Å². The van der Waals surface area contributed by atoms with Crippen molar-refractivity contribution in [1.82, 2.24) is 10.3 Å². The van der Waals surface area contributed by atoms with E-state index in [-0.39, 0.29) is 11.3 Å². The number of carbonyl (C=O) groups excluding carboxylic acids is 1. The van der Waals surface area contributed by atoms with Crippen molar-refractivity contribution in [3.8, 4) is 11.5 Å². The lowest BCUT2D eigenvalue weighted by Gasteiger charge is -2.30. The van der Waals surface area contributed by atoms with Crippen LogP contribution in [0.1, 0.15) is 52.3 Å². The average molecular weight is 471 g/mol. The zero-order valence-electron chi connectivity index (χ0n) is 18.3. The van der Waals surface area contributed by atoms with E-state index in [0.29, 0.717) is 35.2 Å². The number of hydrogen-bond donors (Lipinski definition) is 1. The quantitative estimate of drug-likeness (QED) is 0.462. The fraction of sp³-hybridized carbons (Fsp3) is 0.360. The van der Waals surface area contributed by atoms with Crippen LogP contribution in [-0.4, -0.2) is 31.7 Å². The molecule has 3 aromatic rings. The van der Waals surface area contributed by atoms with Crippen LogP contribution < -0.4 is 14.8 Å². The second kappa shape index (κ2) is 9.92. The molecule has 4 rings (SSSR count). The number of benzene rings is 2. The molecule has 0 bridgehead atoms. The lowest BCUT2D eigenvalue weighted by molar-refractivity contribution is 0.0938. The van der Waals surface area contributed by atoms with Gasteiger partial charge in [-0.1, -0.05) is 42.6 Å². The molecule has 0 atom stereocenters. The number of carbonyl (C=O) groups is 1. The number of thiazole rings is 1. The molecule has 1 aliphatic rings. The Morgan fingerprint density at radius 2 is 1.91 bits per heavy atom. The molecule has 1 N–H and O–H groups in total. The van der Waals surface area contributed by atoms with Crippen molar-refractivity contribution in [2.24, 2.45) is 0 Å². The molecule has 1 heterocycles. The molecule has 0 radical (unpaired) electrons. The zero-order chi connectivity index (χ0) is 22.6. The Bertz CT molecular complexity index is 1090. The summed E-state index contributed by atoms with van der Waals surface area (Å²) in [5, 5.41) is 6.57. The molecule has 7 heteroatoms. The van der Waals surface area contributed by atoms with Gasteiger partial charge in [-0.05, 0) is 48.2 Å². The number of amides is 1. The maximum Gasteiger partial charge on any atom is 0.270 e. The van der Waals surface area contributed by atoms with E-state index in [1.54, 1.807) is 14.2 Å². The van der Waals surface area contributed by atoms with Crippen LogP contribution in [0.5, 0.6) is 11.5 Å². The normalized spacial score (nSPS) is 14.8. The van der Waals surface area contributed by atoms with Gasteiger partial charge < -0.3 is 14.8 Å². The SMILES string of the molecule is COc1ccc(C2(CNC(=O)c3csc(Cc4cccc(Cl)c4)n3)CCCC2)cc1OC. The third-order valence-electron chi connectivity index (χ3n) is 6.17. The van der Waals surface area contributed by atoms with E-state index in [0.717, 1.165) is 36.3 Å². The van der Waals surface area contributed by atoms with Gasteiger partial charge in [0.2, 0.25) is 0 Å². The molecule has 32 heavy (non-hydrogen) atoms. The van der Waals surface area contributed by atoms with E-state index in [1.165, 1.54) is 16.9 Å². The Kier molecular flexibility index (Phi) is 7.01. The monoisotopic (exact) mass is 470 g/mol. The standard InChI is InChI=1S/C25H27ClN2O3S/c1-30-21-9-8-18(14-22(21)31-2)25(10-3-4-11-25)16-27-24(29)20-15-32-23(28-20)13-17-6-5-7-19(26)12-17/h5-9,12,14-15H,3-4,10-11,13,16H2,1-2H3,(H,27,29). The first kappa shape index (κ1) is 22.6. The Morgan fingerprint density at radius 3 is 2.62 bits per heavy atom. The minimum Gasteiger partial charge on any atom is -0.493 e. The Labute approximate surface area is 197 Å². The molecule has 1 aliphatic carbocycles. The van der Waals surface area contributed by atoms with Gasteiger partial charge in [-0.2, -0.15) is 0 Å². The highest BCUT2D eigenvalue weighted by Gasteiger charge is 2.36. The number of halogens is 1. The van der Waals surface area contributed by atoms with Crippen molar-refractivity contribution >= 4 is 28.8 Å². The van der Waals surface area contributed by atoms with Crippen LogP contribution in [0, 0.1) is 0 Å². The number of nitrogens with one attached hydrogen (secondary N) is 1. The predicted molar refractivity (Wildman–Crippen MR) is 128 cm³/mol. The maximum absolute atomic E-state index is 12.9. The third kappa shape index (κ3) is 4.92. The number of aromatic nitrogens is 1. The summed E-state index contributed by atoms with van der Waals surface area (Å²) in [6.45, 7) is 0.572. The number of nitrogens with zero attached hydrogens (tertiary/aromatic N) is 1. The molecule has 0 unspecified atom stereocenters. The van der Waals surface area contributed by atoms with Crippen LogP contribution in [-0.2, 0) is 11.8 Å². The van der Waals surface area contributed by atoms with E-state index in [4.69, 9.17) is 21.1 Å². The van der Waals surface area contributed by atoms with Gasteiger partial charge in [-0.3, -0.25) is 4.79 Å². The van der Waals surface area contributed by atoms with Gasteiger partial charge in [-0.15, -0.1) is 11.3 Å². The fourth-order valence-corrected chi connectivity index (χ4v) is 5.46. The minimum atomic E-state index is -0.134. The zero-order valence-corrected chi connectivity index (χ0v) is 19.9. The highest BCUT2D eigenvalue weighted by Crippen LogP contribution is 2.43. The van der Waals surface area contributed by atoms with Crippen LogP contribution >= 0.6 is 22.9 Å². The van der Waals surface area contributed by atoms with E-state index in [1.807, 2.05) is 41.8 Å². The second-order valence-corrected chi connectivity index (χ2v) is 9.55. The predicted octanol–water partition coefficient (Wildman–Crippen LogP) is 5.65. The molecule has 0 aliphatic heterocycles. The average Bonchev–Trinajstić information content (AvgIpc) is 3.47. The van der Waals surface area contributed by atoms with E-state index in [2.05, 4.69) is 16.4 Å². The first-order valence-corrected chi connectivity index (χ1v) is 12.0. The summed E-state index contributed by atoms with van der Waals surface area (Å²) in [5.74, 6) is 1.29. The lowest BCUT2D eigenvalue weighted by Crippen LogP contribution is -2.39. The lowest BCUT2D eigenvalue weighted by atomic mass is 9.78. The largest absolute Gasteiger partial charge is 0.493 e. The summed E-state index contributed by atoms with van der Waals surface area (Å²) in [6, 6.07) is 13.8. The van der Waals surface area contributed by atoms with Crippen LogP contribution in [0.25, 0.3) is 0 Å². The minimum absolute atomic E-state index is 0.102. The highest BCUT2D eigenvalue weighted by molar-refractivity contribution is 7.09. The van der Waals surface area contributed by atoms with Gasteiger partial charge in [-0.25, -0.2) is 4.98 Å². The second-order valence-electron chi connectivity index (χ2n) is 8.17. The molecule has 1 aromatic heterocycles. The molecule has 1 fully saturated rings. The molecule has 0 saturated heterocycles. The number of rotatable bonds is 8. The molecule has 1 saturated carbocycles. The first-order valence-electron chi connectivity index (χ1n) is 10.7. The summed E-state index contributed by atoms with van der Waals surface area (Å²) >= 11 is 7.57. The van der Waals surface area contributed by atoms with Crippen LogP contribution in [0.15, 0.2) is 47.8 Å². The fourth-order valence-electron chi connectivity index (χ4n) is 4.44. The first-order chi connectivity index (χ1) is 15.5. The number of hydrogen-bond acceptors (Lipinski definition) is 5. The molecule has 2 aromatic carbocycles. The van der Waals surface area contributed by atoms with Crippen molar-refractivity contribution in [1.29, 1.82) is 0 Å². The van der Waals surface area contributed by atoms with Gasteiger partial charge in [0, 0.05) is 28.8 Å². The van der Waals surface area contributed by atoms with Crippen LogP contribution in [0.2, 0.25) is 5.02 Å². The summed E-state index contributed by atoms with van der Waals surface area (Å²) in [6.07, 6.45) is 5.00. The molecule has 168 valence electrons. The Morgan fingerprint density at radius 1 is 1.12 bits per heavy atom. The summed E-state index contributed by atoms with van der Waals surface area (Å²) in [5.41, 5.74) is 2.62. The Hall–Kier alpha value is -2.57. The van der Waals surface area contributed by atoms with Crippen molar-refractivity contribution in [3.05, 3.63) is 74.7 Å². The summed E-state index contributed by atoms with van der Waals surface area (Å²) < 4.78 is 10.9. The molecular weight excluding hydrogens is 444 g/mol. The van der Waals surface area contributed by atoms with Crippen molar-refractivity contribution < 1.29 is 14.3 Å². The highest BCUT2D eigenvalue weighted by atomic mass is 35.5. The van der Waals surface area contributed by atoms with E-state index in [9.17, 15) is 4.79 Å². The van der Waals surface area contributed by atoms with Gasteiger partial charge in [0.05, 0.1) is 19.2 Å².